The van der Waals surface area contributed by atoms with E-state index in [-0.39, 0.29) is 12.7 Å². The van der Waals surface area contributed by atoms with Crippen LogP contribution in [0.5, 0.6) is 11.5 Å². The molecule has 0 atom stereocenters. The van der Waals surface area contributed by atoms with Crippen LogP contribution in [0.25, 0.3) is 6.08 Å². The van der Waals surface area contributed by atoms with Gasteiger partial charge in [-0.05, 0) is 43.9 Å². The van der Waals surface area contributed by atoms with Crippen molar-refractivity contribution in [3.05, 3.63) is 41.5 Å². The summed E-state index contributed by atoms with van der Waals surface area (Å²) in [6, 6.07) is 5.84. The van der Waals surface area contributed by atoms with Crippen molar-refractivity contribution < 1.29 is 14.3 Å². The zero-order chi connectivity index (χ0) is 15.4. The van der Waals surface area contributed by atoms with Gasteiger partial charge in [-0.2, -0.15) is 0 Å². The summed E-state index contributed by atoms with van der Waals surface area (Å²) < 4.78 is 10.7. The van der Waals surface area contributed by atoms with Gasteiger partial charge in [0.2, 0.25) is 12.7 Å². The van der Waals surface area contributed by atoms with Gasteiger partial charge in [0.1, 0.15) is 0 Å². The van der Waals surface area contributed by atoms with E-state index >= 15 is 0 Å². The molecule has 116 valence electrons. The molecule has 1 saturated heterocycles. The molecule has 2 aliphatic rings. The lowest BCUT2D eigenvalue weighted by Crippen LogP contribution is -2.34. The molecule has 0 bridgehead atoms. The van der Waals surface area contributed by atoms with Gasteiger partial charge in [-0.25, -0.2) is 0 Å². The Labute approximate surface area is 131 Å². The number of carbonyl (C=O) groups excluding carboxylic acids is 1. The minimum absolute atomic E-state index is 0.109. The molecule has 0 saturated carbocycles. The van der Waals surface area contributed by atoms with Gasteiger partial charge in [-0.15, -0.1) is 0 Å². The average Bonchev–Trinajstić information content (AvgIpc) is 3.01. The van der Waals surface area contributed by atoms with Crippen molar-refractivity contribution in [1.29, 1.82) is 0 Å². The zero-order valence-electron chi connectivity index (χ0n) is 12.9. The summed E-state index contributed by atoms with van der Waals surface area (Å²) in [5, 5.41) is 0. The molecular formula is C18H21NO3. The first-order valence-corrected chi connectivity index (χ1v) is 7.77. The molecule has 4 heteroatoms. The average molecular weight is 299 g/mol. The molecular weight excluding hydrogens is 278 g/mol. The van der Waals surface area contributed by atoms with Crippen molar-refractivity contribution in [2.45, 2.75) is 26.2 Å². The quantitative estimate of drug-likeness (QED) is 0.634. The van der Waals surface area contributed by atoms with Gasteiger partial charge >= 0.3 is 0 Å². The summed E-state index contributed by atoms with van der Waals surface area (Å²) in [6.45, 7) is 4.04. The molecule has 0 N–H and O–H groups in total. The number of carbonyl (C=O) groups is 1. The SMILES string of the molecule is CC(/C=C/C(=O)N1CCCCC1)=C\c1ccc2c(c1)OCO2. The largest absolute Gasteiger partial charge is 0.454 e. The van der Waals surface area contributed by atoms with E-state index in [4.69, 9.17) is 9.47 Å². The first kappa shape index (κ1) is 14.7. The van der Waals surface area contributed by atoms with Gasteiger partial charge in [-0.1, -0.05) is 23.8 Å². The van der Waals surface area contributed by atoms with Crippen LogP contribution in [0.4, 0.5) is 0 Å². The number of hydrogen-bond donors (Lipinski definition) is 0. The van der Waals surface area contributed by atoms with E-state index in [1.807, 2.05) is 42.2 Å². The number of ether oxygens (including phenoxy) is 2. The molecule has 22 heavy (non-hydrogen) atoms. The van der Waals surface area contributed by atoms with Crippen LogP contribution in [0, 0.1) is 0 Å². The number of amides is 1. The molecule has 0 aliphatic carbocycles. The lowest BCUT2D eigenvalue weighted by Gasteiger charge is -2.25. The number of likely N-dealkylation sites (tertiary alicyclic amines) is 1. The van der Waals surface area contributed by atoms with Crippen LogP contribution in [0.1, 0.15) is 31.7 Å². The highest BCUT2D eigenvalue weighted by atomic mass is 16.7. The lowest BCUT2D eigenvalue weighted by atomic mass is 10.1. The maximum atomic E-state index is 12.1. The second-order valence-corrected chi connectivity index (χ2v) is 5.72. The number of nitrogens with zero attached hydrogens (tertiary/aromatic N) is 1. The first-order valence-electron chi connectivity index (χ1n) is 7.77. The molecule has 0 aromatic heterocycles. The molecule has 4 nitrogen and oxygen atoms in total. The number of fused-ring (bicyclic) bond motifs is 1. The van der Waals surface area contributed by atoms with E-state index in [1.54, 1.807) is 6.08 Å². The van der Waals surface area contributed by atoms with E-state index in [9.17, 15) is 4.79 Å². The first-order chi connectivity index (χ1) is 10.7. The molecule has 0 spiro atoms. The molecule has 1 aromatic carbocycles. The molecule has 0 radical (unpaired) electrons. The summed E-state index contributed by atoms with van der Waals surface area (Å²) in [5.41, 5.74) is 2.07. The molecule has 3 rings (SSSR count). The molecule has 0 unspecified atom stereocenters. The van der Waals surface area contributed by atoms with Crippen LogP contribution in [-0.2, 0) is 4.79 Å². The molecule has 1 fully saturated rings. The highest BCUT2D eigenvalue weighted by molar-refractivity contribution is 5.88. The number of hydrogen-bond acceptors (Lipinski definition) is 3. The Kier molecular flexibility index (Phi) is 4.47. The lowest BCUT2D eigenvalue weighted by molar-refractivity contribution is -0.126. The molecule has 2 heterocycles. The standard InChI is InChI=1S/C18H21NO3/c1-14(5-8-18(20)19-9-3-2-4-10-19)11-15-6-7-16-17(12-15)22-13-21-16/h5-8,11-12H,2-4,9-10,13H2,1H3/b8-5+,14-11+. The predicted molar refractivity (Wildman–Crippen MR) is 85.8 cm³/mol. The van der Waals surface area contributed by atoms with E-state index in [2.05, 4.69) is 0 Å². The minimum atomic E-state index is 0.109. The van der Waals surface area contributed by atoms with Crippen LogP contribution in [-0.4, -0.2) is 30.7 Å². The summed E-state index contributed by atoms with van der Waals surface area (Å²) in [5.74, 6) is 1.67. The second-order valence-electron chi connectivity index (χ2n) is 5.72. The fraction of sp³-hybridized carbons (Fsp3) is 0.389. The Balaban J connectivity index is 1.64. The third kappa shape index (κ3) is 3.50. The van der Waals surface area contributed by atoms with Crippen molar-refractivity contribution in [1.82, 2.24) is 4.90 Å². The van der Waals surface area contributed by atoms with E-state index in [0.29, 0.717) is 0 Å². The Morgan fingerprint density at radius 2 is 1.86 bits per heavy atom. The smallest absolute Gasteiger partial charge is 0.246 e. The number of piperidine rings is 1. The Morgan fingerprint density at radius 3 is 2.68 bits per heavy atom. The van der Waals surface area contributed by atoms with Crippen molar-refractivity contribution in [2.75, 3.05) is 19.9 Å². The number of benzene rings is 1. The summed E-state index contributed by atoms with van der Waals surface area (Å²) >= 11 is 0. The Hall–Kier alpha value is -2.23. The van der Waals surface area contributed by atoms with Crippen molar-refractivity contribution >= 4 is 12.0 Å². The van der Waals surface area contributed by atoms with Crippen LogP contribution in [0.3, 0.4) is 0 Å². The van der Waals surface area contributed by atoms with Gasteiger partial charge in [0.15, 0.2) is 11.5 Å². The second kappa shape index (κ2) is 6.69. The monoisotopic (exact) mass is 299 g/mol. The van der Waals surface area contributed by atoms with Crippen molar-refractivity contribution in [3.8, 4) is 11.5 Å². The van der Waals surface area contributed by atoms with E-state index < -0.39 is 0 Å². The highest BCUT2D eigenvalue weighted by Crippen LogP contribution is 2.33. The fourth-order valence-electron chi connectivity index (χ4n) is 2.74. The number of rotatable bonds is 3. The van der Waals surface area contributed by atoms with E-state index in [1.165, 1.54) is 6.42 Å². The van der Waals surface area contributed by atoms with Crippen molar-refractivity contribution in [2.24, 2.45) is 0 Å². The number of allylic oxidation sites excluding steroid dienone is 2. The summed E-state index contributed by atoms with van der Waals surface area (Å²) in [6.07, 6.45) is 9.04. The van der Waals surface area contributed by atoms with Crippen LogP contribution in [0.2, 0.25) is 0 Å². The van der Waals surface area contributed by atoms with Gasteiger partial charge in [0, 0.05) is 19.2 Å². The molecule has 1 amide bonds. The van der Waals surface area contributed by atoms with Gasteiger partial charge in [-0.3, -0.25) is 4.79 Å². The van der Waals surface area contributed by atoms with Crippen LogP contribution < -0.4 is 9.47 Å². The Morgan fingerprint density at radius 1 is 1.09 bits per heavy atom. The summed E-state index contributed by atoms with van der Waals surface area (Å²) in [7, 11) is 0. The van der Waals surface area contributed by atoms with Crippen LogP contribution in [0.15, 0.2) is 35.9 Å². The fourth-order valence-corrected chi connectivity index (χ4v) is 2.74. The Bertz CT molecular complexity index is 613. The molecule has 1 aromatic rings. The third-order valence-electron chi connectivity index (χ3n) is 3.95. The summed E-state index contributed by atoms with van der Waals surface area (Å²) in [4.78, 5) is 14.0. The van der Waals surface area contributed by atoms with Crippen LogP contribution >= 0.6 is 0 Å². The minimum Gasteiger partial charge on any atom is -0.454 e. The van der Waals surface area contributed by atoms with Gasteiger partial charge < -0.3 is 14.4 Å². The van der Waals surface area contributed by atoms with Gasteiger partial charge in [0.05, 0.1) is 0 Å². The normalized spacial score (nSPS) is 18.0. The third-order valence-corrected chi connectivity index (χ3v) is 3.95. The van der Waals surface area contributed by atoms with Gasteiger partial charge in [0.25, 0.3) is 0 Å². The van der Waals surface area contributed by atoms with Crippen molar-refractivity contribution in [3.63, 3.8) is 0 Å². The highest BCUT2D eigenvalue weighted by Gasteiger charge is 2.14. The maximum Gasteiger partial charge on any atom is 0.246 e. The zero-order valence-corrected chi connectivity index (χ0v) is 12.9. The predicted octanol–water partition coefficient (Wildman–Crippen LogP) is 3.39. The topological polar surface area (TPSA) is 38.8 Å². The molecule has 2 aliphatic heterocycles. The van der Waals surface area contributed by atoms with E-state index in [0.717, 1.165) is 48.6 Å². The maximum absolute atomic E-state index is 12.1.